The third-order valence-electron chi connectivity index (χ3n) is 5.80. The number of fused-ring (bicyclic) bond motifs is 3. The van der Waals surface area contributed by atoms with Gasteiger partial charge in [-0.2, -0.15) is 0 Å². The summed E-state index contributed by atoms with van der Waals surface area (Å²) < 4.78 is 5.14. The fraction of sp³-hybridized carbons (Fsp3) is 0.708. The molecule has 3 amide bonds. The van der Waals surface area contributed by atoms with Gasteiger partial charge in [0.1, 0.15) is 0 Å². The van der Waals surface area contributed by atoms with Crippen molar-refractivity contribution >= 4 is 38.4 Å². The number of ether oxygens (including phenoxy) is 1. The number of cyclic esters (lactones) is 1. The van der Waals surface area contributed by atoms with Crippen molar-refractivity contribution in [2.45, 2.75) is 94.2 Å². The Bertz CT molecular complexity index is 849. The summed E-state index contributed by atoms with van der Waals surface area (Å²) in [5.41, 5.74) is 0. The number of rotatable bonds is 4. The Morgan fingerprint density at radius 2 is 1.63 bits per heavy atom. The predicted molar refractivity (Wildman–Crippen MR) is 130 cm³/mol. The molecule has 0 aromatic heterocycles. The van der Waals surface area contributed by atoms with Gasteiger partial charge >= 0.3 is 221 Å². The molecule has 2 heterocycles. The molecule has 6 atom stereocenters. The SMILES string of the molecule is CC/C=C/[C@H]1CC(=O)N[C@H](C(C)C)C(=O)C[C@@H]2[I-]SC(C)C(NC2=O)C(=O)N[C@@H](C(C)C)C(=O)O1. The molecule has 0 aromatic carbocycles. The minimum atomic E-state index is -0.941. The van der Waals surface area contributed by atoms with Crippen molar-refractivity contribution in [3.05, 3.63) is 12.2 Å². The van der Waals surface area contributed by atoms with E-state index < -0.39 is 65.8 Å². The molecule has 0 radical (unpaired) electrons. The van der Waals surface area contributed by atoms with E-state index >= 15 is 0 Å². The molecule has 2 aliphatic heterocycles. The quantitative estimate of drug-likeness (QED) is 0.151. The van der Waals surface area contributed by atoms with Gasteiger partial charge in [0, 0.05) is 0 Å². The van der Waals surface area contributed by atoms with Crippen molar-refractivity contribution in [1.82, 2.24) is 16.0 Å². The number of alkyl halides is 1. The summed E-state index contributed by atoms with van der Waals surface area (Å²) in [5.74, 6) is -2.54. The van der Waals surface area contributed by atoms with Gasteiger partial charge in [0.05, 0.1) is 0 Å². The molecule has 0 aliphatic carbocycles. The Hall–Kier alpha value is -1.63. The zero-order valence-corrected chi connectivity index (χ0v) is 24.1. The van der Waals surface area contributed by atoms with Crippen LogP contribution in [0.2, 0.25) is 0 Å². The molecular weight excluding hydrogens is 585 g/mol. The van der Waals surface area contributed by atoms with Crippen LogP contribution in [0.5, 0.6) is 0 Å². The van der Waals surface area contributed by atoms with Gasteiger partial charge in [0.15, 0.2) is 0 Å². The van der Waals surface area contributed by atoms with Gasteiger partial charge < -0.3 is 0 Å². The van der Waals surface area contributed by atoms with E-state index in [1.54, 1.807) is 26.0 Å². The predicted octanol–water partition coefficient (Wildman–Crippen LogP) is -1.50. The molecule has 0 saturated carbocycles. The molecule has 2 saturated heterocycles. The van der Waals surface area contributed by atoms with E-state index in [0.29, 0.717) is 6.42 Å². The number of carbonyl (C=O) groups is 5. The second-order valence-electron chi connectivity index (χ2n) is 9.54. The summed E-state index contributed by atoms with van der Waals surface area (Å²) in [6.45, 7) is 11.0. The molecular formula is C24H37IN3O6S-. The maximum atomic E-state index is 13.2. The molecule has 198 valence electrons. The van der Waals surface area contributed by atoms with Crippen molar-refractivity contribution in [2.75, 3.05) is 0 Å². The second kappa shape index (κ2) is 13.6. The van der Waals surface area contributed by atoms with Crippen LogP contribution in [0.25, 0.3) is 0 Å². The summed E-state index contributed by atoms with van der Waals surface area (Å²) >= 11 is -0.774. The van der Waals surface area contributed by atoms with Crippen LogP contribution < -0.4 is 35.8 Å². The third kappa shape index (κ3) is 8.47. The molecule has 2 unspecified atom stereocenters. The van der Waals surface area contributed by atoms with Crippen LogP contribution >= 0.6 is 8.93 Å². The van der Waals surface area contributed by atoms with Gasteiger partial charge in [0.2, 0.25) is 0 Å². The molecule has 2 rings (SSSR count). The van der Waals surface area contributed by atoms with E-state index in [9.17, 15) is 24.0 Å². The van der Waals surface area contributed by atoms with E-state index in [-0.39, 0.29) is 41.6 Å². The van der Waals surface area contributed by atoms with Crippen molar-refractivity contribution in [3.63, 3.8) is 0 Å². The van der Waals surface area contributed by atoms with Gasteiger partial charge in [-0.1, -0.05) is 0 Å². The van der Waals surface area contributed by atoms with Gasteiger partial charge in [-0.3, -0.25) is 0 Å². The number of esters is 1. The summed E-state index contributed by atoms with van der Waals surface area (Å²) in [5, 5.41) is 8.13. The normalized spacial score (nSPS) is 32.1. The molecule has 0 aromatic rings. The average molecular weight is 623 g/mol. The van der Waals surface area contributed by atoms with Gasteiger partial charge in [-0.25, -0.2) is 0 Å². The molecule has 0 spiro atoms. The summed E-state index contributed by atoms with van der Waals surface area (Å²) in [6.07, 6.45) is 3.18. The zero-order chi connectivity index (χ0) is 26.3. The van der Waals surface area contributed by atoms with Crippen molar-refractivity contribution in [2.24, 2.45) is 11.8 Å². The average Bonchev–Trinajstić information content (AvgIpc) is 2.91. The van der Waals surface area contributed by atoms with Crippen LogP contribution in [-0.2, 0) is 28.7 Å². The van der Waals surface area contributed by atoms with E-state index in [1.807, 2.05) is 27.7 Å². The number of amides is 3. The first-order valence-electron chi connectivity index (χ1n) is 12.0. The molecule has 2 bridgehead atoms. The van der Waals surface area contributed by atoms with Crippen LogP contribution in [0.4, 0.5) is 0 Å². The van der Waals surface area contributed by atoms with Gasteiger partial charge in [-0.05, 0) is 0 Å². The van der Waals surface area contributed by atoms with E-state index in [4.69, 9.17) is 4.74 Å². The number of Topliss-reactive ketones (excluding diaryl/α,β-unsaturated/α-hetero) is 1. The Balaban J connectivity index is 2.45. The standard InChI is InChI=1S/C24H37IN3O6S/c1-7-8-9-15-10-18(30)26-19(12(2)3)17(29)11-16-22(31)28-21(14(6)35-25-16)23(32)27-20(13(4)5)24(33)34-15/h8-9,12-16,19-21H,7,10-11H2,1-6H3,(H,26,30)(H,27,32)(H,28,31)/q-1/b9-8+/t14?,15-,16-,19+,20-,21?/m0/s1. The Morgan fingerprint density at radius 3 is 2.23 bits per heavy atom. The van der Waals surface area contributed by atoms with Gasteiger partial charge in [0.25, 0.3) is 0 Å². The van der Waals surface area contributed by atoms with E-state index in [2.05, 4.69) is 16.0 Å². The maximum absolute atomic E-state index is 13.2. The number of ketones is 1. The van der Waals surface area contributed by atoms with Gasteiger partial charge in [-0.15, -0.1) is 0 Å². The number of carbonyl (C=O) groups excluding carboxylic acids is 5. The fourth-order valence-corrected chi connectivity index (χ4v) is 9.64. The molecule has 2 aliphatic rings. The minimum absolute atomic E-state index is 0.0130. The summed E-state index contributed by atoms with van der Waals surface area (Å²) in [6, 6.07) is -2.53. The Labute approximate surface area is 220 Å². The Morgan fingerprint density at radius 1 is 0.971 bits per heavy atom. The molecule has 9 nitrogen and oxygen atoms in total. The van der Waals surface area contributed by atoms with Crippen LogP contribution in [0.3, 0.4) is 0 Å². The van der Waals surface area contributed by atoms with Crippen molar-refractivity contribution in [3.8, 4) is 0 Å². The first-order chi connectivity index (χ1) is 16.4. The van der Waals surface area contributed by atoms with Crippen LogP contribution in [0, 0.1) is 11.8 Å². The Kier molecular flexibility index (Phi) is 11.5. The van der Waals surface area contributed by atoms with E-state index in [1.165, 1.54) is 8.93 Å². The van der Waals surface area contributed by atoms with Crippen molar-refractivity contribution in [1.29, 1.82) is 0 Å². The summed E-state index contributed by atoms with van der Waals surface area (Å²) in [7, 11) is 1.54. The number of halogens is 1. The van der Waals surface area contributed by atoms with E-state index in [0.717, 1.165) is 0 Å². The number of hydrogen-bond donors (Lipinski definition) is 3. The molecule has 2 fully saturated rings. The monoisotopic (exact) mass is 622 g/mol. The van der Waals surface area contributed by atoms with Crippen LogP contribution in [0.15, 0.2) is 12.2 Å². The second-order valence-corrected chi connectivity index (χ2v) is 15.2. The summed E-state index contributed by atoms with van der Waals surface area (Å²) in [4.78, 5) is 65.2. The van der Waals surface area contributed by atoms with Crippen LogP contribution in [0.1, 0.15) is 60.8 Å². The number of hydrogen-bond acceptors (Lipinski definition) is 7. The molecule has 3 N–H and O–H groups in total. The van der Waals surface area contributed by atoms with Crippen molar-refractivity contribution < 1.29 is 48.5 Å². The third-order valence-corrected chi connectivity index (χ3v) is 12.8. The number of nitrogens with one attached hydrogen (secondary N) is 3. The van der Waals surface area contributed by atoms with Crippen LogP contribution in [-0.4, -0.2) is 62.9 Å². The molecule has 11 heteroatoms. The zero-order valence-electron chi connectivity index (χ0n) is 21.1. The fourth-order valence-electron chi connectivity index (χ4n) is 3.74. The topological polar surface area (TPSA) is 131 Å². The number of allylic oxidation sites excluding steroid dienone is 1. The first kappa shape index (κ1) is 29.6. The molecule has 35 heavy (non-hydrogen) atoms. The first-order valence-corrected chi connectivity index (χ1v) is 16.7.